The van der Waals surface area contributed by atoms with Gasteiger partial charge >= 0.3 is 0 Å². The quantitative estimate of drug-likeness (QED) is 0.495. The molecule has 4 rings (SSSR count). The second kappa shape index (κ2) is 6.91. The van der Waals surface area contributed by atoms with Crippen LogP contribution in [0.2, 0.25) is 0 Å². The lowest BCUT2D eigenvalue weighted by atomic mass is 10.2. The van der Waals surface area contributed by atoms with Gasteiger partial charge in [-0.2, -0.15) is 5.26 Å². The molecule has 4 aromatic rings. The Kier molecular flexibility index (Phi) is 4.41. The topological polar surface area (TPSA) is 82.7 Å². The summed E-state index contributed by atoms with van der Waals surface area (Å²) < 4.78 is 18.8. The maximum atomic E-state index is 13.1. The molecule has 28 heavy (non-hydrogen) atoms. The number of aromatic nitrogens is 2. The highest BCUT2D eigenvalue weighted by Crippen LogP contribution is 2.28. The number of aryl methyl sites for hydroxylation is 2. The summed E-state index contributed by atoms with van der Waals surface area (Å²) in [5.74, 6) is 0.842. The number of hydrogen-bond donors (Lipinski definition) is 1. The molecule has 0 fully saturated rings. The van der Waals surface area contributed by atoms with E-state index in [0.717, 1.165) is 16.0 Å². The fourth-order valence-corrected chi connectivity index (χ4v) is 3.91. The van der Waals surface area contributed by atoms with Crippen LogP contribution >= 0.6 is 11.3 Å². The minimum absolute atomic E-state index is 0.183. The molecule has 0 atom stereocenters. The standard InChI is InChI=1S/C21H14FN3O2S/c1-11-12(2)28-21-18(11)20(26)24-19(25-21)14(10-23)9-16-7-8-17(27-16)13-3-5-15(22)6-4-13/h3-9H,1-2H3,(H,24,25,26)/b14-9+. The number of nitrogens with one attached hydrogen (secondary N) is 1. The lowest BCUT2D eigenvalue weighted by Crippen LogP contribution is -2.10. The van der Waals surface area contributed by atoms with Gasteiger partial charge in [0.1, 0.15) is 28.2 Å². The average Bonchev–Trinajstić information content (AvgIpc) is 3.25. The SMILES string of the molecule is Cc1sc2nc(/C(C#N)=C/c3ccc(-c4ccc(F)cc4)o3)[nH]c(=O)c2c1C. The Labute approximate surface area is 163 Å². The Bertz CT molecular complexity index is 1320. The van der Waals surface area contributed by atoms with Gasteiger partial charge in [0.25, 0.3) is 5.56 Å². The molecule has 1 N–H and O–H groups in total. The first-order valence-corrected chi connectivity index (χ1v) is 9.26. The van der Waals surface area contributed by atoms with Crippen LogP contribution in [-0.2, 0) is 0 Å². The molecule has 138 valence electrons. The molecule has 0 spiro atoms. The van der Waals surface area contributed by atoms with E-state index in [4.69, 9.17) is 4.42 Å². The van der Waals surface area contributed by atoms with E-state index in [0.29, 0.717) is 21.7 Å². The van der Waals surface area contributed by atoms with Gasteiger partial charge in [0.2, 0.25) is 0 Å². The monoisotopic (exact) mass is 391 g/mol. The van der Waals surface area contributed by atoms with Crippen LogP contribution in [0.4, 0.5) is 4.39 Å². The van der Waals surface area contributed by atoms with Gasteiger partial charge in [0.15, 0.2) is 5.82 Å². The van der Waals surface area contributed by atoms with Crippen molar-refractivity contribution in [2.45, 2.75) is 13.8 Å². The molecule has 0 unspecified atom stereocenters. The second-order valence-corrected chi connectivity index (χ2v) is 7.46. The van der Waals surface area contributed by atoms with Crippen molar-refractivity contribution in [2.24, 2.45) is 0 Å². The Morgan fingerprint density at radius 1 is 1.25 bits per heavy atom. The third-order valence-corrected chi connectivity index (χ3v) is 5.56. The Morgan fingerprint density at radius 2 is 2.00 bits per heavy atom. The van der Waals surface area contributed by atoms with E-state index in [1.54, 1.807) is 24.3 Å². The first-order chi connectivity index (χ1) is 13.5. The van der Waals surface area contributed by atoms with Crippen molar-refractivity contribution in [1.29, 1.82) is 5.26 Å². The molecule has 0 amide bonds. The zero-order valence-electron chi connectivity index (χ0n) is 15.0. The first-order valence-electron chi connectivity index (χ1n) is 8.44. The van der Waals surface area contributed by atoms with Gasteiger partial charge in [-0.1, -0.05) is 0 Å². The van der Waals surface area contributed by atoms with Crippen molar-refractivity contribution in [3.05, 3.63) is 74.6 Å². The van der Waals surface area contributed by atoms with E-state index in [9.17, 15) is 14.4 Å². The molecular weight excluding hydrogens is 377 g/mol. The highest BCUT2D eigenvalue weighted by Gasteiger charge is 2.14. The number of allylic oxidation sites excluding steroid dienone is 1. The van der Waals surface area contributed by atoms with Crippen molar-refractivity contribution in [1.82, 2.24) is 9.97 Å². The summed E-state index contributed by atoms with van der Waals surface area (Å²) >= 11 is 1.42. The second-order valence-electron chi connectivity index (χ2n) is 6.26. The number of halogens is 1. The number of hydrogen-bond acceptors (Lipinski definition) is 5. The average molecular weight is 391 g/mol. The lowest BCUT2D eigenvalue weighted by molar-refractivity contribution is 0.571. The van der Waals surface area contributed by atoms with Crippen LogP contribution in [0.15, 0.2) is 45.6 Å². The molecule has 3 aromatic heterocycles. The number of fused-ring (bicyclic) bond motifs is 1. The van der Waals surface area contributed by atoms with Crippen molar-refractivity contribution in [3.8, 4) is 17.4 Å². The molecule has 0 aliphatic carbocycles. The lowest BCUT2D eigenvalue weighted by Gasteiger charge is -1.99. The van der Waals surface area contributed by atoms with Crippen LogP contribution in [0.1, 0.15) is 22.0 Å². The van der Waals surface area contributed by atoms with Gasteiger partial charge in [-0.3, -0.25) is 4.79 Å². The third kappa shape index (κ3) is 3.15. The van der Waals surface area contributed by atoms with E-state index in [-0.39, 0.29) is 22.8 Å². The number of aromatic amines is 1. The van der Waals surface area contributed by atoms with Crippen LogP contribution in [0.5, 0.6) is 0 Å². The Hall–Kier alpha value is -3.50. The van der Waals surface area contributed by atoms with Gasteiger partial charge in [-0.25, -0.2) is 9.37 Å². The molecule has 0 aliphatic heterocycles. The van der Waals surface area contributed by atoms with Crippen LogP contribution < -0.4 is 5.56 Å². The van der Waals surface area contributed by atoms with Crippen LogP contribution in [-0.4, -0.2) is 9.97 Å². The number of nitrogens with zero attached hydrogens (tertiary/aromatic N) is 2. The Morgan fingerprint density at radius 3 is 2.71 bits per heavy atom. The summed E-state index contributed by atoms with van der Waals surface area (Å²) in [4.78, 5) is 21.2. The van der Waals surface area contributed by atoms with Gasteiger partial charge < -0.3 is 9.40 Å². The number of thiophene rings is 1. The molecule has 7 heteroatoms. The summed E-state index contributed by atoms with van der Waals surface area (Å²) in [7, 11) is 0. The molecule has 0 saturated carbocycles. The summed E-state index contributed by atoms with van der Waals surface area (Å²) in [5, 5.41) is 10.1. The van der Waals surface area contributed by atoms with E-state index >= 15 is 0 Å². The molecule has 0 radical (unpaired) electrons. The molecule has 5 nitrogen and oxygen atoms in total. The normalized spacial score (nSPS) is 11.7. The summed E-state index contributed by atoms with van der Waals surface area (Å²) in [6, 6.07) is 11.4. The molecule has 3 heterocycles. The maximum absolute atomic E-state index is 13.1. The van der Waals surface area contributed by atoms with Crippen LogP contribution in [0.25, 0.3) is 33.2 Å². The summed E-state index contributed by atoms with van der Waals surface area (Å²) in [6.07, 6.45) is 1.52. The number of benzene rings is 1. The zero-order valence-corrected chi connectivity index (χ0v) is 15.9. The van der Waals surface area contributed by atoms with E-state index in [1.165, 1.54) is 29.5 Å². The summed E-state index contributed by atoms with van der Waals surface area (Å²) in [6.45, 7) is 3.81. The number of rotatable bonds is 3. The van der Waals surface area contributed by atoms with Crippen LogP contribution in [0.3, 0.4) is 0 Å². The summed E-state index contributed by atoms with van der Waals surface area (Å²) in [5.41, 5.74) is 1.53. The van der Waals surface area contributed by atoms with Gasteiger partial charge in [0.05, 0.1) is 11.0 Å². The predicted molar refractivity (Wildman–Crippen MR) is 107 cm³/mol. The maximum Gasteiger partial charge on any atom is 0.260 e. The fraction of sp³-hybridized carbons (Fsp3) is 0.0952. The number of nitriles is 1. The van der Waals surface area contributed by atoms with E-state index in [1.807, 2.05) is 13.8 Å². The molecule has 0 bridgehead atoms. The smallest absolute Gasteiger partial charge is 0.260 e. The third-order valence-electron chi connectivity index (χ3n) is 4.46. The highest BCUT2D eigenvalue weighted by molar-refractivity contribution is 7.18. The first kappa shape index (κ1) is 17.9. The molecular formula is C21H14FN3O2S. The van der Waals surface area contributed by atoms with Crippen molar-refractivity contribution in [2.75, 3.05) is 0 Å². The number of furan rings is 1. The minimum Gasteiger partial charge on any atom is -0.457 e. The Balaban J connectivity index is 1.74. The highest BCUT2D eigenvalue weighted by atomic mass is 32.1. The number of H-pyrrole nitrogens is 1. The van der Waals surface area contributed by atoms with Crippen LogP contribution in [0, 0.1) is 31.0 Å². The van der Waals surface area contributed by atoms with Gasteiger partial charge in [-0.05, 0) is 55.8 Å². The van der Waals surface area contributed by atoms with Crippen molar-refractivity contribution in [3.63, 3.8) is 0 Å². The van der Waals surface area contributed by atoms with Crippen molar-refractivity contribution >= 4 is 33.2 Å². The zero-order chi connectivity index (χ0) is 19.8. The van der Waals surface area contributed by atoms with Crippen molar-refractivity contribution < 1.29 is 8.81 Å². The predicted octanol–water partition coefficient (Wildman–Crippen LogP) is 5.06. The largest absolute Gasteiger partial charge is 0.457 e. The molecule has 1 aromatic carbocycles. The van der Waals surface area contributed by atoms with Gasteiger partial charge in [0, 0.05) is 16.5 Å². The minimum atomic E-state index is -0.327. The van der Waals surface area contributed by atoms with Gasteiger partial charge in [-0.15, -0.1) is 11.3 Å². The van der Waals surface area contributed by atoms with E-state index in [2.05, 4.69) is 16.0 Å². The molecule has 0 aliphatic rings. The molecule has 0 saturated heterocycles. The van der Waals surface area contributed by atoms with E-state index < -0.39 is 0 Å². The fourth-order valence-electron chi connectivity index (χ4n) is 2.88.